The first-order chi connectivity index (χ1) is 10.6. The van der Waals surface area contributed by atoms with Crippen LogP contribution in [0.4, 0.5) is 0 Å². The van der Waals surface area contributed by atoms with E-state index < -0.39 is 0 Å². The van der Waals surface area contributed by atoms with Gasteiger partial charge in [-0.1, -0.05) is 25.8 Å². The second kappa shape index (κ2) is 5.39. The molecule has 0 heterocycles. The monoisotopic (exact) mass is 302 g/mol. The third-order valence-corrected chi connectivity index (χ3v) is 7.28. The van der Waals surface area contributed by atoms with E-state index in [2.05, 4.69) is 6.58 Å². The van der Waals surface area contributed by atoms with Crippen LogP contribution in [-0.4, -0.2) is 11.6 Å². The Bertz CT molecular complexity index is 439. The highest BCUT2D eigenvalue weighted by Crippen LogP contribution is 2.63. The van der Waals surface area contributed by atoms with Gasteiger partial charge in [-0.15, -0.1) is 0 Å². The van der Waals surface area contributed by atoms with Gasteiger partial charge in [-0.05, 0) is 81.5 Å². The minimum Gasteiger partial charge on any atom is -0.455 e. The molecule has 0 saturated heterocycles. The molecule has 2 nitrogen and oxygen atoms in total. The van der Waals surface area contributed by atoms with E-state index in [-0.39, 0.29) is 11.6 Å². The lowest BCUT2D eigenvalue weighted by Gasteiger charge is -2.63. The van der Waals surface area contributed by atoms with E-state index in [4.69, 9.17) is 4.74 Å². The molecule has 5 rings (SSSR count). The van der Waals surface area contributed by atoms with Gasteiger partial charge in [-0.2, -0.15) is 0 Å². The normalized spacial score (nSPS) is 44.0. The SMILES string of the molecule is C=C(C)C(=O)OC1(C2CCCCC2)C2CC3CC(C2)CC1C3. The molecule has 0 atom stereocenters. The number of hydrogen-bond donors (Lipinski definition) is 0. The van der Waals surface area contributed by atoms with Crippen LogP contribution in [0.3, 0.4) is 0 Å². The van der Waals surface area contributed by atoms with E-state index in [1.54, 1.807) is 6.92 Å². The van der Waals surface area contributed by atoms with E-state index in [9.17, 15) is 4.79 Å². The lowest BCUT2D eigenvalue weighted by molar-refractivity contribution is -0.229. The van der Waals surface area contributed by atoms with Gasteiger partial charge < -0.3 is 4.74 Å². The molecule has 5 fully saturated rings. The summed E-state index contributed by atoms with van der Waals surface area (Å²) in [6.45, 7) is 5.64. The van der Waals surface area contributed by atoms with E-state index >= 15 is 0 Å². The maximum Gasteiger partial charge on any atom is 0.333 e. The molecule has 0 aromatic rings. The molecule has 0 amide bonds. The Morgan fingerprint density at radius 3 is 1.95 bits per heavy atom. The van der Waals surface area contributed by atoms with Gasteiger partial charge in [0.2, 0.25) is 0 Å². The van der Waals surface area contributed by atoms with Crippen molar-refractivity contribution in [2.75, 3.05) is 0 Å². The predicted octanol–water partition coefficient (Wildman–Crippen LogP) is 4.88. The van der Waals surface area contributed by atoms with Crippen LogP contribution in [0.25, 0.3) is 0 Å². The summed E-state index contributed by atoms with van der Waals surface area (Å²) in [4.78, 5) is 12.5. The van der Waals surface area contributed by atoms with Crippen molar-refractivity contribution in [2.24, 2.45) is 29.6 Å². The second-order valence-corrected chi connectivity index (χ2v) is 8.66. The van der Waals surface area contributed by atoms with Crippen molar-refractivity contribution in [1.82, 2.24) is 0 Å². The maximum absolute atomic E-state index is 12.5. The third kappa shape index (κ3) is 2.17. The zero-order chi connectivity index (χ0) is 15.3. The van der Waals surface area contributed by atoms with E-state index in [1.165, 1.54) is 64.2 Å². The summed E-state index contributed by atoms with van der Waals surface area (Å²) in [5.74, 6) is 3.59. The molecule has 4 bridgehead atoms. The Labute approximate surface area is 134 Å². The molecule has 0 aromatic carbocycles. The lowest BCUT2D eigenvalue weighted by atomic mass is 9.46. The fourth-order valence-corrected chi connectivity index (χ4v) is 6.64. The van der Waals surface area contributed by atoms with Crippen LogP contribution < -0.4 is 0 Å². The fraction of sp³-hybridized carbons (Fsp3) is 0.850. The molecule has 0 aromatic heterocycles. The van der Waals surface area contributed by atoms with Crippen LogP contribution in [0.5, 0.6) is 0 Å². The quantitative estimate of drug-likeness (QED) is 0.548. The summed E-state index contributed by atoms with van der Waals surface area (Å²) in [6, 6.07) is 0. The summed E-state index contributed by atoms with van der Waals surface area (Å²) in [7, 11) is 0. The van der Waals surface area contributed by atoms with Crippen molar-refractivity contribution in [3.05, 3.63) is 12.2 Å². The highest BCUT2D eigenvalue weighted by molar-refractivity contribution is 5.87. The number of esters is 1. The first-order valence-electron chi connectivity index (χ1n) is 9.48. The van der Waals surface area contributed by atoms with Gasteiger partial charge in [-0.25, -0.2) is 4.79 Å². The summed E-state index contributed by atoms with van der Waals surface area (Å²) in [5, 5.41) is 0. The Morgan fingerprint density at radius 1 is 0.909 bits per heavy atom. The largest absolute Gasteiger partial charge is 0.455 e. The minimum atomic E-state index is -0.135. The van der Waals surface area contributed by atoms with Gasteiger partial charge in [-0.3, -0.25) is 0 Å². The number of carbonyl (C=O) groups excluding carboxylic acids is 1. The van der Waals surface area contributed by atoms with Crippen LogP contribution in [0.15, 0.2) is 12.2 Å². The molecule has 22 heavy (non-hydrogen) atoms. The molecule has 0 N–H and O–H groups in total. The molecular weight excluding hydrogens is 272 g/mol. The summed E-state index contributed by atoms with van der Waals surface area (Å²) < 4.78 is 6.38. The van der Waals surface area contributed by atoms with Crippen LogP contribution in [0, 0.1) is 29.6 Å². The molecule has 0 spiro atoms. The summed E-state index contributed by atoms with van der Waals surface area (Å²) in [5.41, 5.74) is 0.438. The average molecular weight is 302 g/mol. The van der Waals surface area contributed by atoms with Gasteiger partial charge in [0.05, 0.1) is 0 Å². The first kappa shape index (κ1) is 14.8. The first-order valence-corrected chi connectivity index (χ1v) is 9.48. The van der Waals surface area contributed by atoms with Crippen molar-refractivity contribution >= 4 is 5.97 Å². The minimum absolute atomic E-state index is 0.127. The van der Waals surface area contributed by atoms with Crippen LogP contribution in [0.1, 0.15) is 71.1 Å². The zero-order valence-electron chi connectivity index (χ0n) is 14.0. The van der Waals surface area contributed by atoms with E-state index in [0.717, 1.165) is 11.8 Å². The van der Waals surface area contributed by atoms with Gasteiger partial charge in [0.1, 0.15) is 5.60 Å². The molecule has 2 heteroatoms. The van der Waals surface area contributed by atoms with E-state index in [0.29, 0.717) is 23.3 Å². The van der Waals surface area contributed by atoms with Gasteiger partial charge in [0, 0.05) is 5.57 Å². The van der Waals surface area contributed by atoms with Gasteiger partial charge >= 0.3 is 5.97 Å². The smallest absolute Gasteiger partial charge is 0.333 e. The molecular formula is C20H30O2. The van der Waals surface area contributed by atoms with Crippen molar-refractivity contribution in [1.29, 1.82) is 0 Å². The fourth-order valence-electron chi connectivity index (χ4n) is 6.64. The molecule has 0 aliphatic heterocycles. The van der Waals surface area contributed by atoms with Crippen LogP contribution >= 0.6 is 0 Å². The summed E-state index contributed by atoms with van der Waals surface area (Å²) in [6.07, 6.45) is 13.2. The topological polar surface area (TPSA) is 26.3 Å². The zero-order valence-corrected chi connectivity index (χ0v) is 14.0. The third-order valence-electron chi connectivity index (χ3n) is 7.28. The molecule has 5 saturated carbocycles. The molecule has 5 aliphatic rings. The lowest BCUT2D eigenvalue weighted by Crippen LogP contribution is -2.63. The highest BCUT2D eigenvalue weighted by atomic mass is 16.6. The second-order valence-electron chi connectivity index (χ2n) is 8.66. The Kier molecular flexibility index (Phi) is 3.62. The average Bonchev–Trinajstić information content (AvgIpc) is 2.51. The number of carbonyl (C=O) groups is 1. The Morgan fingerprint density at radius 2 is 1.45 bits per heavy atom. The van der Waals surface area contributed by atoms with Crippen molar-refractivity contribution in [3.63, 3.8) is 0 Å². The Hall–Kier alpha value is -0.790. The molecule has 0 unspecified atom stereocenters. The molecule has 5 aliphatic carbocycles. The molecule has 0 radical (unpaired) electrons. The van der Waals surface area contributed by atoms with Crippen molar-refractivity contribution < 1.29 is 9.53 Å². The van der Waals surface area contributed by atoms with E-state index in [1.807, 2.05) is 0 Å². The summed E-state index contributed by atoms with van der Waals surface area (Å²) >= 11 is 0. The van der Waals surface area contributed by atoms with Crippen LogP contribution in [0.2, 0.25) is 0 Å². The number of ether oxygens (including phenoxy) is 1. The number of hydrogen-bond acceptors (Lipinski definition) is 2. The van der Waals surface area contributed by atoms with Gasteiger partial charge in [0.25, 0.3) is 0 Å². The number of rotatable bonds is 3. The van der Waals surface area contributed by atoms with Crippen molar-refractivity contribution in [2.45, 2.75) is 76.7 Å². The van der Waals surface area contributed by atoms with Crippen molar-refractivity contribution in [3.8, 4) is 0 Å². The Balaban J connectivity index is 1.68. The predicted molar refractivity (Wildman–Crippen MR) is 87.3 cm³/mol. The van der Waals surface area contributed by atoms with Gasteiger partial charge in [0.15, 0.2) is 0 Å². The maximum atomic E-state index is 12.5. The van der Waals surface area contributed by atoms with Crippen LogP contribution in [-0.2, 0) is 9.53 Å². The molecule has 122 valence electrons. The standard InChI is InChI=1S/C20H30O2/c1-13(2)19(21)22-20(16-6-4-3-5-7-16)17-9-14-8-15(11-17)12-18(20)10-14/h14-18H,1,3-12H2,2H3. The highest BCUT2D eigenvalue weighted by Gasteiger charge is 2.62.